The lowest BCUT2D eigenvalue weighted by atomic mass is 10.2. The van der Waals surface area contributed by atoms with Crippen LogP contribution in [0.15, 0.2) is 30.5 Å². The van der Waals surface area contributed by atoms with Crippen LogP contribution >= 0.6 is 11.6 Å². The number of halogens is 1. The zero-order valence-electron chi connectivity index (χ0n) is 11.1. The summed E-state index contributed by atoms with van der Waals surface area (Å²) >= 11 is 6.16. The van der Waals surface area contributed by atoms with Crippen molar-refractivity contribution in [3.05, 3.63) is 41.2 Å². The van der Waals surface area contributed by atoms with E-state index in [4.69, 9.17) is 22.1 Å². The first-order valence-electron chi connectivity index (χ1n) is 6.08. The monoisotopic (exact) mass is 288 g/mol. The second-order valence-corrected chi connectivity index (χ2v) is 4.88. The molecule has 0 fully saturated rings. The molecule has 0 aliphatic rings. The summed E-state index contributed by atoms with van der Waals surface area (Å²) in [6, 6.07) is 7.29. The molecule has 0 aliphatic heterocycles. The van der Waals surface area contributed by atoms with Gasteiger partial charge < -0.3 is 10.5 Å². The lowest BCUT2D eigenvalue weighted by Crippen LogP contribution is -1.98. The maximum atomic E-state index is 6.16. The summed E-state index contributed by atoms with van der Waals surface area (Å²) in [7, 11) is 1.78. The fraction of sp³-hybridized carbons (Fsp3) is 0.143. The Morgan fingerprint density at radius 3 is 2.80 bits per heavy atom. The third-order valence-electron chi connectivity index (χ3n) is 3.10. The number of aromatic nitrogens is 3. The highest BCUT2D eigenvalue weighted by molar-refractivity contribution is 6.35. The molecule has 0 saturated heterocycles. The quantitative estimate of drug-likeness (QED) is 0.786. The number of ether oxygens (including phenoxy) is 1. The first-order chi connectivity index (χ1) is 9.58. The average Bonchev–Trinajstić information content (AvgIpc) is 2.68. The van der Waals surface area contributed by atoms with Gasteiger partial charge in [-0.15, -0.1) is 0 Å². The van der Waals surface area contributed by atoms with Crippen molar-refractivity contribution < 1.29 is 4.74 Å². The first-order valence-corrected chi connectivity index (χ1v) is 6.46. The van der Waals surface area contributed by atoms with Crippen LogP contribution in [0.25, 0.3) is 10.9 Å². The van der Waals surface area contributed by atoms with Crippen molar-refractivity contribution in [1.29, 1.82) is 0 Å². The summed E-state index contributed by atoms with van der Waals surface area (Å²) < 4.78 is 7.49. The van der Waals surface area contributed by atoms with Gasteiger partial charge in [-0.05, 0) is 31.2 Å². The fourth-order valence-electron chi connectivity index (χ4n) is 2.07. The Balaban J connectivity index is 2.14. The van der Waals surface area contributed by atoms with Gasteiger partial charge in [0.25, 0.3) is 0 Å². The topological polar surface area (TPSA) is 66.0 Å². The standard InChI is InChI=1S/C14H13ClN4O/c1-8-12(16)14(19(2)18-8)20-11-6-5-10(15)9-4-3-7-17-13(9)11/h3-7H,16H2,1-2H3. The van der Waals surface area contributed by atoms with E-state index in [0.29, 0.717) is 27.9 Å². The Morgan fingerprint density at radius 1 is 1.30 bits per heavy atom. The van der Waals surface area contributed by atoms with Crippen LogP contribution in [0, 0.1) is 6.92 Å². The molecule has 3 rings (SSSR count). The lowest BCUT2D eigenvalue weighted by molar-refractivity contribution is 0.436. The molecule has 2 aromatic heterocycles. The number of hydrogen-bond acceptors (Lipinski definition) is 4. The molecule has 0 saturated carbocycles. The molecule has 3 aromatic rings. The molecule has 102 valence electrons. The highest BCUT2D eigenvalue weighted by Gasteiger charge is 2.15. The summed E-state index contributed by atoms with van der Waals surface area (Å²) in [5.74, 6) is 1.09. The average molecular weight is 289 g/mol. The van der Waals surface area contributed by atoms with Crippen molar-refractivity contribution >= 4 is 28.2 Å². The van der Waals surface area contributed by atoms with E-state index in [1.165, 1.54) is 0 Å². The summed E-state index contributed by atoms with van der Waals surface area (Å²) in [6.07, 6.45) is 1.70. The van der Waals surface area contributed by atoms with Crippen molar-refractivity contribution in [3.63, 3.8) is 0 Å². The van der Waals surface area contributed by atoms with Crippen LogP contribution in [0.5, 0.6) is 11.6 Å². The molecule has 6 heteroatoms. The molecule has 0 atom stereocenters. The molecule has 20 heavy (non-hydrogen) atoms. The van der Waals surface area contributed by atoms with Crippen LogP contribution in [-0.2, 0) is 7.05 Å². The smallest absolute Gasteiger partial charge is 0.241 e. The van der Waals surface area contributed by atoms with E-state index in [2.05, 4.69) is 10.1 Å². The van der Waals surface area contributed by atoms with E-state index in [0.717, 1.165) is 11.1 Å². The zero-order valence-corrected chi connectivity index (χ0v) is 11.8. The fourth-order valence-corrected chi connectivity index (χ4v) is 2.29. The molecule has 0 bridgehead atoms. The number of aryl methyl sites for hydroxylation is 2. The molecular formula is C14H13ClN4O. The number of hydrogen-bond donors (Lipinski definition) is 1. The molecular weight excluding hydrogens is 276 g/mol. The second-order valence-electron chi connectivity index (χ2n) is 4.47. The Morgan fingerprint density at radius 2 is 2.10 bits per heavy atom. The number of pyridine rings is 1. The van der Waals surface area contributed by atoms with Gasteiger partial charge >= 0.3 is 0 Å². The van der Waals surface area contributed by atoms with E-state index in [1.807, 2.05) is 19.1 Å². The van der Waals surface area contributed by atoms with Crippen LogP contribution in [0.4, 0.5) is 5.69 Å². The van der Waals surface area contributed by atoms with Gasteiger partial charge in [0.05, 0.1) is 10.7 Å². The van der Waals surface area contributed by atoms with Crippen molar-refractivity contribution in [2.75, 3.05) is 5.73 Å². The number of fused-ring (bicyclic) bond motifs is 1. The molecule has 2 heterocycles. The lowest BCUT2D eigenvalue weighted by Gasteiger charge is -2.09. The molecule has 5 nitrogen and oxygen atoms in total. The van der Waals surface area contributed by atoms with Gasteiger partial charge in [0.2, 0.25) is 5.88 Å². The van der Waals surface area contributed by atoms with Crippen LogP contribution < -0.4 is 10.5 Å². The Kier molecular flexibility index (Phi) is 2.99. The Hall–Kier alpha value is -2.27. The zero-order chi connectivity index (χ0) is 14.3. The van der Waals surface area contributed by atoms with Crippen molar-refractivity contribution in [3.8, 4) is 11.6 Å². The van der Waals surface area contributed by atoms with Gasteiger partial charge in [0.15, 0.2) is 5.75 Å². The molecule has 0 spiro atoms. The maximum absolute atomic E-state index is 6.16. The predicted molar refractivity (Wildman–Crippen MR) is 79.2 cm³/mol. The summed E-state index contributed by atoms with van der Waals surface area (Å²) in [6.45, 7) is 1.83. The van der Waals surface area contributed by atoms with Crippen LogP contribution in [-0.4, -0.2) is 14.8 Å². The first kappa shape index (κ1) is 12.7. The van der Waals surface area contributed by atoms with E-state index in [-0.39, 0.29) is 0 Å². The molecule has 0 aliphatic carbocycles. The summed E-state index contributed by atoms with van der Waals surface area (Å²) in [4.78, 5) is 4.32. The van der Waals surface area contributed by atoms with Crippen LogP contribution in [0.1, 0.15) is 5.69 Å². The molecule has 0 unspecified atom stereocenters. The summed E-state index contributed by atoms with van der Waals surface area (Å²) in [5.41, 5.74) is 7.91. The number of rotatable bonds is 2. The second kappa shape index (κ2) is 4.68. The molecule has 0 amide bonds. The van der Waals surface area contributed by atoms with E-state index in [9.17, 15) is 0 Å². The molecule has 2 N–H and O–H groups in total. The minimum atomic E-state index is 0.497. The van der Waals surface area contributed by atoms with Gasteiger partial charge in [-0.1, -0.05) is 11.6 Å². The number of benzene rings is 1. The number of nitrogen functional groups attached to an aromatic ring is 1. The van der Waals surface area contributed by atoms with Gasteiger partial charge in [0, 0.05) is 18.6 Å². The number of anilines is 1. The van der Waals surface area contributed by atoms with Crippen molar-refractivity contribution in [2.45, 2.75) is 6.92 Å². The molecule has 1 aromatic carbocycles. The third-order valence-corrected chi connectivity index (χ3v) is 3.43. The largest absolute Gasteiger partial charge is 0.435 e. The van der Waals surface area contributed by atoms with Gasteiger partial charge in [0.1, 0.15) is 11.2 Å². The van der Waals surface area contributed by atoms with E-state index < -0.39 is 0 Å². The van der Waals surface area contributed by atoms with Gasteiger partial charge in [-0.25, -0.2) is 4.68 Å². The maximum Gasteiger partial charge on any atom is 0.241 e. The van der Waals surface area contributed by atoms with Crippen LogP contribution in [0.3, 0.4) is 0 Å². The Bertz CT molecular complexity index is 797. The van der Waals surface area contributed by atoms with Crippen molar-refractivity contribution in [1.82, 2.24) is 14.8 Å². The minimum Gasteiger partial charge on any atom is -0.435 e. The summed E-state index contributed by atoms with van der Waals surface area (Å²) in [5, 5.41) is 5.70. The van der Waals surface area contributed by atoms with Crippen LogP contribution in [0.2, 0.25) is 5.02 Å². The van der Waals surface area contributed by atoms with Gasteiger partial charge in [-0.2, -0.15) is 5.10 Å². The normalized spacial score (nSPS) is 10.9. The van der Waals surface area contributed by atoms with Crippen molar-refractivity contribution in [2.24, 2.45) is 7.05 Å². The highest BCUT2D eigenvalue weighted by Crippen LogP contribution is 2.35. The highest BCUT2D eigenvalue weighted by atomic mass is 35.5. The number of nitrogens with zero attached hydrogens (tertiary/aromatic N) is 3. The minimum absolute atomic E-state index is 0.497. The molecule has 0 radical (unpaired) electrons. The van der Waals surface area contributed by atoms with E-state index in [1.54, 1.807) is 30.1 Å². The Labute approximate surface area is 120 Å². The van der Waals surface area contributed by atoms with E-state index >= 15 is 0 Å². The van der Waals surface area contributed by atoms with Gasteiger partial charge in [-0.3, -0.25) is 4.98 Å². The number of nitrogens with two attached hydrogens (primary N) is 1. The SMILES string of the molecule is Cc1nn(C)c(Oc2ccc(Cl)c3cccnc23)c1N. The predicted octanol–water partition coefficient (Wildman–Crippen LogP) is 3.30. The third kappa shape index (κ3) is 1.96.